The summed E-state index contributed by atoms with van der Waals surface area (Å²) < 4.78 is 0. The standard InChI is InChI=1S/C18H18N4/c1-13-4-6-19-10-17(13)15-3-2-14-5-7-22(18(14)8-15)11-16-9-20-12-21-16/h2-4,6,8-10,12H,5,7,11H2,1H3,(H,20,21). The summed E-state index contributed by atoms with van der Waals surface area (Å²) in [7, 11) is 0. The third kappa shape index (κ3) is 2.26. The Bertz CT molecular complexity index is 793. The Balaban J connectivity index is 1.70. The fourth-order valence-corrected chi connectivity index (χ4v) is 3.12. The highest BCUT2D eigenvalue weighted by Crippen LogP contribution is 2.34. The summed E-state index contributed by atoms with van der Waals surface area (Å²) in [6, 6.07) is 8.81. The van der Waals surface area contributed by atoms with Crippen LogP contribution in [0.4, 0.5) is 5.69 Å². The number of aryl methyl sites for hydroxylation is 1. The van der Waals surface area contributed by atoms with Crippen molar-refractivity contribution < 1.29 is 0 Å². The fraction of sp³-hybridized carbons (Fsp3) is 0.222. The molecule has 2 aromatic heterocycles. The number of nitrogens with zero attached hydrogens (tertiary/aromatic N) is 3. The Morgan fingerprint density at radius 2 is 2.23 bits per heavy atom. The number of fused-ring (bicyclic) bond motifs is 1. The molecule has 4 nitrogen and oxygen atoms in total. The first-order chi connectivity index (χ1) is 10.8. The van der Waals surface area contributed by atoms with Crippen molar-refractivity contribution in [1.82, 2.24) is 15.0 Å². The van der Waals surface area contributed by atoms with Gasteiger partial charge in [0.2, 0.25) is 0 Å². The van der Waals surface area contributed by atoms with E-state index in [1.54, 1.807) is 6.33 Å². The summed E-state index contributed by atoms with van der Waals surface area (Å²) >= 11 is 0. The van der Waals surface area contributed by atoms with Crippen LogP contribution in [0.5, 0.6) is 0 Å². The van der Waals surface area contributed by atoms with Gasteiger partial charge in [-0.2, -0.15) is 0 Å². The van der Waals surface area contributed by atoms with Gasteiger partial charge in [0.15, 0.2) is 0 Å². The molecule has 3 heterocycles. The molecule has 0 unspecified atom stereocenters. The number of anilines is 1. The van der Waals surface area contributed by atoms with E-state index in [0.717, 1.165) is 25.2 Å². The lowest BCUT2D eigenvalue weighted by molar-refractivity contribution is 0.819. The number of nitrogens with one attached hydrogen (secondary N) is 1. The van der Waals surface area contributed by atoms with Crippen LogP contribution in [0.3, 0.4) is 0 Å². The molecule has 0 atom stereocenters. The molecule has 4 heteroatoms. The normalized spacial score (nSPS) is 13.4. The monoisotopic (exact) mass is 290 g/mol. The van der Waals surface area contributed by atoms with Gasteiger partial charge in [0.25, 0.3) is 0 Å². The average Bonchev–Trinajstić information content (AvgIpc) is 3.18. The average molecular weight is 290 g/mol. The Hall–Kier alpha value is -2.62. The minimum Gasteiger partial charge on any atom is -0.365 e. The number of aromatic amines is 1. The van der Waals surface area contributed by atoms with E-state index >= 15 is 0 Å². The summed E-state index contributed by atoms with van der Waals surface area (Å²) in [6.45, 7) is 4.04. The molecule has 3 aromatic rings. The van der Waals surface area contributed by atoms with Gasteiger partial charge in [0, 0.05) is 36.4 Å². The minimum atomic E-state index is 0.853. The van der Waals surface area contributed by atoms with E-state index < -0.39 is 0 Å². The van der Waals surface area contributed by atoms with Gasteiger partial charge in [-0.25, -0.2) is 4.98 Å². The molecule has 0 saturated heterocycles. The van der Waals surface area contributed by atoms with E-state index in [4.69, 9.17) is 0 Å². The summed E-state index contributed by atoms with van der Waals surface area (Å²) in [6.07, 6.45) is 8.60. The maximum absolute atomic E-state index is 4.34. The predicted octanol–water partition coefficient (Wildman–Crippen LogP) is 3.34. The van der Waals surface area contributed by atoms with E-state index in [1.807, 2.05) is 18.6 Å². The highest BCUT2D eigenvalue weighted by molar-refractivity contribution is 5.73. The van der Waals surface area contributed by atoms with Gasteiger partial charge in [0.05, 0.1) is 18.6 Å². The summed E-state index contributed by atoms with van der Waals surface area (Å²) in [5.41, 5.74) is 7.52. The van der Waals surface area contributed by atoms with Crippen molar-refractivity contribution in [3.63, 3.8) is 0 Å². The van der Waals surface area contributed by atoms with Crippen LogP contribution in [0.25, 0.3) is 11.1 Å². The largest absolute Gasteiger partial charge is 0.365 e. The second kappa shape index (κ2) is 5.30. The van der Waals surface area contributed by atoms with Crippen LogP contribution in [0.2, 0.25) is 0 Å². The first kappa shape index (κ1) is 13.1. The fourth-order valence-electron chi connectivity index (χ4n) is 3.12. The number of hydrogen-bond donors (Lipinski definition) is 1. The molecular formula is C18H18N4. The Morgan fingerprint density at radius 3 is 3.05 bits per heavy atom. The van der Waals surface area contributed by atoms with Crippen molar-refractivity contribution in [2.45, 2.75) is 19.9 Å². The highest BCUT2D eigenvalue weighted by atomic mass is 15.2. The molecule has 0 radical (unpaired) electrons. The lowest BCUT2D eigenvalue weighted by Crippen LogP contribution is -2.19. The molecule has 110 valence electrons. The van der Waals surface area contributed by atoms with Crippen LogP contribution in [0.15, 0.2) is 49.2 Å². The van der Waals surface area contributed by atoms with Crippen LogP contribution in [-0.2, 0) is 13.0 Å². The lowest BCUT2D eigenvalue weighted by atomic mass is 10.0. The zero-order chi connectivity index (χ0) is 14.9. The quantitative estimate of drug-likeness (QED) is 0.804. The van der Waals surface area contributed by atoms with Crippen LogP contribution < -0.4 is 4.90 Å². The molecule has 0 amide bonds. The zero-order valence-corrected chi connectivity index (χ0v) is 12.6. The highest BCUT2D eigenvalue weighted by Gasteiger charge is 2.20. The van der Waals surface area contributed by atoms with E-state index in [9.17, 15) is 0 Å². The van der Waals surface area contributed by atoms with E-state index in [0.29, 0.717) is 0 Å². The summed E-state index contributed by atoms with van der Waals surface area (Å²) in [5, 5.41) is 0. The van der Waals surface area contributed by atoms with Gasteiger partial charge in [-0.3, -0.25) is 4.98 Å². The predicted molar refractivity (Wildman–Crippen MR) is 87.8 cm³/mol. The Morgan fingerprint density at radius 1 is 1.27 bits per heavy atom. The van der Waals surface area contributed by atoms with Gasteiger partial charge < -0.3 is 9.88 Å². The van der Waals surface area contributed by atoms with Crippen molar-refractivity contribution >= 4 is 5.69 Å². The third-order valence-electron chi connectivity index (χ3n) is 4.33. The summed E-state index contributed by atoms with van der Waals surface area (Å²) in [4.78, 5) is 14.0. The van der Waals surface area contributed by atoms with Crippen LogP contribution >= 0.6 is 0 Å². The second-order valence-corrected chi connectivity index (χ2v) is 5.77. The van der Waals surface area contributed by atoms with Crippen molar-refractivity contribution in [3.05, 3.63) is 66.0 Å². The molecule has 1 aliphatic heterocycles. The van der Waals surface area contributed by atoms with Crippen LogP contribution in [-0.4, -0.2) is 21.5 Å². The Labute approximate surface area is 129 Å². The number of aromatic nitrogens is 3. The number of hydrogen-bond acceptors (Lipinski definition) is 3. The number of H-pyrrole nitrogens is 1. The van der Waals surface area contributed by atoms with Gasteiger partial charge in [-0.15, -0.1) is 0 Å². The number of imidazole rings is 1. The molecule has 0 spiro atoms. The molecule has 0 bridgehead atoms. The lowest BCUT2D eigenvalue weighted by Gasteiger charge is -2.19. The maximum atomic E-state index is 4.34. The van der Waals surface area contributed by atoms with Gasteiger partial charge >= 0.3 is 0 Å². The number of pyridine rings is 1. The molecule has 0 saturated carbocycles. The topological polar surface area (TPSA) is 44.8 Å². The molecule has 1 aliphatic rings. The molecule has 4 rings (SSSR count). The SMILES string of the molecule is Cc1ccncc1-c1ccc2c(c1)N(Cc1c[nH]cn1)CC2. The summed E-state index contributed by atoms with van der Waals surface area (Å²) in [5.74, 6) is 0. The molecule has 22 heavy (non-hydrogen) atoms. The van der Waals surface area contributed by atoms with Crippen LogP contribution in [0.1, 0.15) is 16.8 Å². The first-order valence-electron chi connectivity index (χ1n) is 7.58. The van der Waals surface area contributed by atoms with Gasteiger partial charge in [-0.05, 0) is 42.2 Å². The molecule has 0 aliphatic carbocycles. The first-order valence-corrected chi connectivity index (χ1v) is 7.58. The second-order valence-electron chi connectivity index (χ2n) is 5.77. The van der Waals surface area contributed by atoms with E-state index in [-0.39, 0.29) is 0 Å². The van der Waals surface area contributed by atoms with Crippen molar-refractivity contribution in [1.29, 1.82) is 0 Å². The van der Waals surface area contributed by atoms with E-state index in [2.05, 4.69) is 51.0 Å². The third-order valence-corrected chi connectivity index (χ3v) is 4.33. The number of rotatable bonds is 3. The molecule has 0 fully saturated rings. The van der Waals surface area contributed by atoms with Crippen LogP contribution in [0, 0.1) is 6.92 Å². The molecule has 1 aromatic carbocycles. The Kier molecular flexibility index (Phi) is 3.15. The smallest absolute Gasteiger partial charge is 0.0923 e. The van der Waals surface area contributed by atoms with Crippen molar-refractivity contribution in [2.75, 3.05) is 11.4 Å². The van der Waals surface area contributed by atoms with Crippen molar-refractivity contribution in [3.8, 4) is 11.1 Å². The van der Waals surface area contributed by atoms with E-state index in [1.165, 1.54) is 27.9 Å². The molecular weight excluding hydrogens is 272 g/mol. The van der Waals surface area contributed by atoms with Gasteiger partial charge in [-0.1, -0.05) is 12.1 Å². The van der Waals surface area contributed by atoms with Gasteiger partial charge in [0.1, 0.15) is 0 Å². The molecule has 1 N–H and O–H groups in total. The maximum Gasteiger partial charge on any atom is 0.0923 e. The zero-order valence-electron chi connectivity index (χ0n) is 12.6. The minimum absolute atomic E-state index is 0.853. The van der Waals surface area contributed by atoms with Crippen molar-refractivity contribution in [2.24, 2.45) is 0 Å². The number of benzene rings is 1.